The molecule has 0 bridgehead atoms. The minimum atomic E-state index is -1.13. The van der Waals surface area contributed by atoms with E-state index >= 15 is 0 Å². The van der Waals surface area contributed by atoms with Crippen LogP contribution < -0.4 is 5.73 Å². The molecule has 1 fully saturated rings. The topological polar surface area (TPSA) is 26.0 Å². The Morgan fingerprint density at radius 2 is 1.87 bits per heavy atom. The highest BCUT2D eigenvalue weighted by Gasteiger charge is 2.40. The first kappa shape index (κ1) is 11.0. The lowest BCUT2D eigenvalue weighted by Crippen LogP contribution is -2.26. The van der Waals surface area contributed by atoms with Crippen molar-refractivity contribution in [3.8, 4) is 0 Å². The Morgan fingerprint density at radius 3 is 2.40 bits per heavy atom. The van der Waals surface area contributed by atoms with Gasteiger partial charge < -0.3 is 5.73 Å². The molecule has 0 saturated heterocycles. The number of nitrogens with two attached hydrogens (primary N) is 1. The first-order valence-corrected chi connectivity index (χ1v) is 5.33. The van der Waals surface area contributed by atoms with Gasteiger partial charge in [0.25, 0.3) is 0 Å². The van der Waals surface area contributed by atoms with Crippen LogP contribution in [0, 0.1) is 17.5 Å². The average Bonchev–Trinajstić information content (AvgIpc) is 2.89. The van der Waals surface area contributed by atoms with E-state index in [0.29, 0.717) is 0 Å². The van der Waals surface area contributed by atoms with Crippen LogP contribution in [0.3, 0.4) is 0 Å². The fraction of sp³-hybridized carbons (Fsp3) is 0.400. The molecule has 0 spiro atoms. The van der Waals surface area contributed by atoms with E-state index in [0.717, 1.165) is 18.9 Å². The highest BCUT2D eigenvalue weighted by Crippen LogP contribution is 2.38. The smallest absolute Gasteiger partial charge is 0.165 e. The van der Waals surface area contributed by atoms with Gasteiger partial charge >= 0.3 is 0 Å². The van der Waals surface area contributed by atoms with Gasteiger partial charge in [-0.05, 0) is 41.3 Å². The summed E-state index contributed by atoms with van der Waals surface area (Å²) < 4.78 is 39.7. The number of benzene rings is 1. The van der Waals surface area contributed by atoms with E-state index in [1.165, 1.54) is 0 Å². The summed E-state index contributed by atoms with van der Waals surface area (Å²) in [6, 6.07) is 0.782. The molecule has 0 unspecified atom stereocenters. The van der Waals surface area contributed by atoms with Gasteiger partial charge in [0, 0.05) is 11.1 Å². The van der Waals surface area contributed by atoms with Crippen molar-refractivity contribution in [2.75, 3.05) is 0 Å². The highest BCUT2D eigenvalue weighted by molar-refractivity contribution is 9.10. The van der Waals surface area contributed by atoms with Gasteiger partial charge in [-0.1, -0.05) is 0 Å². The van der Waals surface area contributed by atoms with Crippen molar-refractivity contribution in [2.24, 2.45) is 5.73 Å². The van der Waals surface area contributed by atoms with Crippen LogP contribution in [0.15, 0.2) is 10.5 Å². The quantitative estimate of drug-likeness (QED) is 0.828. The Hall–Kier alpha value is -0.550. The molecule has 1 aliphatic rings. The number of hydrogen-bond acceptors (Lipinski definition) is 1. The number of hydrogen-bond donors (Lipinski definition) is 1. The van der Waals surface area contributed by atoms with E-state index in [9.17, 15) is 13.2 Å². The fourth-order valence-corrected chi connectivity index (χ4v) is 1.91. The maximum atomic E-state index is 13.5. The molecular weight excluding hydrogens is 271 g/mol. The Labute approximate surface area is 93.6 Å². The highest BCUT2D eigenvalue weighted by atomic mass is 79.9. The summed E-state index contributed by atoms with van der Waals surface area (Å²) in [6.45, 7) is 0. The van der Waals surface area contributed by atoms with Gasteiger partial charge in [0.2, 0.25) is 0 Å². The molecule has 5 heteroatoms. The number of halogens is 4. The molecule has 0 radical (unpaired) electrons. The van der Waals surface area contributed by atoms with Crippen molar-refractivity contribution in [1.29, 1.82) is 0 Å². The molecular formula is C10H9BrF3N. The maximum absolute atomic E-state index is 13.5. The van der Waals surface area contributed by atoms with Gasteiger partial charge in [-0.2, -0.15) is 0 Å². The zero-order valence-electron chi connectivity index (χ0n) is 7.79. The minimum absolute atomic E-state index is 0.0427. The van der Waals surface area contributed by atoms with Gasteiger partial charge in [0.05, 0.1) is 4.47 Å². The van der Waals surface area contributed by atoms with Crippen LogP contribution in [0.25, 0.3) is 0 Å². The molecule has 1 saturated carbocycles. The van der Waals surface area contributed by atoms with Gasteiger partial charge in [0.1, 0.15) is 5.82 Å². The normalized spacial score (nSPS) is 17.9. The molecule has 1 nitrogen and oxygen atoms in total. The molecule has 1 aliphatic carbocycles. The largest absolute Gasteiger partial charge is 0.325 e. The van der Waals surface area contributed by atoms with Crippen molar-refractivity contribution < 1.29 is 13.2 Å². The van der Waals surface area contributed by atoms with Crippen molar-refractivity contribution in [2.45, 2.75) is 24.8 Å². The van der Waals surface area contributed by atoms with Crippen molar-refractivity contribution in [3.63, 3.8) is 0 Å². The molecule has 0 amide bonds. The van der Waals surface area contributed by atoms with Crippen LogP contribution in [-0.2, 0) is 6.42 Å². The van der Waals surface area contributed by atoms with E-state index in [2.05, 4.69) is 15.9 Å². The summed E-state index contributed by atoms with van der Waals surface area (Å²) >= 11 is 2.84. The summed E-state index contributed by atoms with van der Waals surface area (Å²) in [5.41, 5.74) is 4.94. The van der Waals surface area contributed by atoms with Crippen molar-refractivity contribution in [1.82, 2.24) is 0 Å². The van der Waals surface area contributed by atoms with Crippen LogP contribution in [0.4, 0.5) is 13.2 Å². The molecule has 0 aliphatic heterocycles. The average molecular weight is 280 g/mol. The molecule has 1 aromatic rings. The van der Waals surface area contributed by atoms with Crippen LogP contribution in [-0.4, -0.2) is 5.54 Å². The fourth-order valence-electron chi connectivity index (χ4n) is 1.47. The summed E-state index contributed by atoms with van der Waals surface area (Å²) in [6.07, 6.45) is 1.49. The zero-order valence-corrected chi connectivity index (χ0v) is 9.37. The Balaban J connectivity index is 2.44. The second-order valence-electron chi connectivity index (χ2n) is 3.99. The standard InChI is InChI=1S/C10H9BrF3N/c11-6-3-7(12)9(14)5(8(6)13)4-10(15)1-2-10/h3H,1-2,4,15H2. The molecule has 0 heterocycles. The Kier molecular flexibility index (Phi) is 2.55. The van der Waals surface area contributed by atoms with E-state index in [1.807, 2.05) is 0 Å². The molecule has 0 atom stereocenters. The lowest BCUT2D eigenvalue weighted by molar-refractivity contribution is 0.467. The SMILES string of the molecule is NC1(Cc2c(F)c(F)cc(Br)c2F)CC1. The van der Waals surface area contributed by atoms with E-state index < -0.39 is 23.0 Å². The second-order valence-corrected chi connectivity index (χ2v) is 4.84. The monoisotopic (exact) mass is 279 g/mol. The van der Waals surface area contributed by atoms with Crippen molar-refractivity contribution >= 4 is 15.9 Å². The van der Waals surface area contributed by atoms with E-state index in [-0.39, 0.29) is 16.5 Å². The third-order valence-electron chi connectivity index (χ3n) is 2.62. The third-order valence-corrected chi connectivity index (χ3v) is 3.20. The van der Waals surface area contributed by atoms with E-state index in [1.54, 1.807) is 0 Å². The predicted octanol–water partition coefficient (Wildman–Crippen LogP) is 2.90. The molecule has 2 rings (SSSR count). The molecule has 82 valence electrons. The maximum Gasteiger partial charge on any atom is 0.165 e. The van der Waals surface area contributed by atoms with Gasteiger partial charge in [-0.3, -0.25) is 0 Å². The summed E-state index contributed by atoms with van der Waals surface area (Å²) in [5, 5.41) is 0. The summed E-state index contributed by atoms with van der Waals surface area (Å²) in [5.74, 6) is -2.94. The Bertz CT molecular complexity index is 389. The predicted molar refractivity (Wildman–Crippen MR) is 53.9 cm³/mol. The minimum Gasteiger partial charge on any atom is -0.325 e. The third kappa shape index (κ3) is 2.03. The summed E-state index contributed by atoms with van der Waals surface area (Å²) in [4.78, 5) is 0. The van der Waals surface area contributed by atoms with Crippen LogP contribution >= 0.6 is 15.9 Å². The van der Waals surface area contributed by atoms with Crippen LogP contribution in [0.5, 0.6) is 0 Å². The molecule has 1 aromatic carbocycles. The zero-order chi connectivity index (χ0) is 11.2. The van der Waals surface area contributed by atoms with Crippen LogP contribution in [0.1, 0.15) is 18.4 Å². The Morgan fingerprint density at radius 1 is 1.27 bits per heavy atom. The van der Waals surface area contributed by atoms with Crippen LogP contribution in [0.2, 0.25) is 0 Å². The lowest BCUT2D eigenvalue weighted by Gasteiger charge is -2.11. The molecule has 0 aromatic heterocycles. The van der Waals surface area contributed by atoms with E-state index in [4.69, 9.17) is 5.73 Å². The van der Waals surface area contributed by atoms with Crippen molar-refractivity contribution in [3.05, 3.63) is 33.6 Å². The first-order chi connectivity index (χ1) is 6.93. The molecule has 15 heavy (non-hydrogen) atoms. The van der Waals surface area contributed by atoms with Gasteiger partial charge in [-0.15, -0.1) is 0 Å². The molecule has 2 N–H and O–H groups in total. The number of rotatable bonds is 2. The van der Waals surface area contributed by atoms with Gasteiger partial charge in [0.15, 0.2) is 11.6 Å². The van der Waals surface area contributed by atoms with Gasteiger partial charge in [-0.25, -0.2) is 13.2 Å². The first-order valence-electron chi connectivity index (χ1n) is 4.54. The lowest BCUT2D eigenvalue weighted by atomic mass is 10.0. The summed E-state index contributed by atoms with van der Waals surface area (Å²) in [7, 11) is 0. The second kappa shape index (κ2) is 3.49.